The van der Waals surface area contributed by atoms with Crippen molar-refractivity contribution in [2.24, 2.45) is 0 Å². The van der Waals surface area contributed by atoms with E-state index in [2.05, 4.69) is 19.1 Å². The number of aryl methyl sites for hydroxylation is 1. The molecule has 1 aromatic rings. The molecular formula is C50H94O19. The Morgan fingerprint density at radius 1 is 0.261 bits per heavy atom. The number of unbranched alkanes of at least 4 members (excludes halogenated alkanes) is 5. The van der Waals surface area contributed by atoms with Gasteiger partial charge in [-0.3, -0.25) is 0 Å². The molecule has 0 spiro atoms. The Morgan fingerprint density at radius 2 is 0.478 bits per heavy atom. The maximum absolute atomic E-state index is 8.61. The van der Waals surface area contributed by atoms with Crippen molar-refractivity contribution in [1.82, 2.24) is 0 Å². The van der Waals surface area contributed by atoms with Crippen LogP contribution in [0.3, 0.4) is 0 Å². The molecule has 0 bridgehead atoms. The number of aliphatic hydroxyl groups excluding tert-OH is 1. The molecule has 0 aromatic heterocycles. The van der Waals surface area contributed by atoms with Crippen LogP contribution in [-0.4, -0.2) is 243 Å². The van der Waals surface area contributed by atoms with Crippen LogP contribution in [0.25, 0.3) is 0 Å². The Hall–Kier alpha value is -1.70. The largest absolute Gasteiger partial charge is 0.491 e. The lowest BCUT2D eigenvalue weighted by Gasteiger charge is -2.09. The fourth-order valence-electron chi connectivity index (χ4n) is 5.77. The van der Waals surface area contributed by atoms with Crippen LogP contribution in [-0.2, 0) is 86.9 Å². The fourth-order valence-corrected chi connectivity index (χ4v) is 5.77. The fraction of sp³-hybridized carbons (Fsp3) is 0.880. The summed E-state index contributed by atoms with van der Waals surface area (Å²) in [7, 11) is 0. The molecule has 0 radical (unpaired) electrons. The van der Waals surface area contributed by atoms with Crippen molar-refractivity contribution < 1.29 is 90.4 Å². The van der Waals surface area contributed by atoms with Crippen molar-refractivity contribution >= 4 is 0 Å². The average Bonchev–Trinajstić information content (AvgIpc) is 3.37. The van der Waals surface area contributed by atoms with Crippen LogP contribution in [0.5, 0.6) is 5.75 Å². The summed E-state index contributed by atoms with van der Waals surface area (Å²) in [5, 5.41) is 8.61. The van der Waals surface area contributed by atoms with Gasteiger partial charge in [0.05, 0.1) is 231 Å². The third-order valence-electron chi connectivity index (χ3n) is 9.43. The molecule has 69 heavy (non-hydrogen) atoms. The highest BCUT2D eigenvalue weighted by Gasteiger charge is 2.01. The second-order valence-electron chi connectivity index (χ2n) is 15.1. The standard InChI is InChI=1S/C50H94O19/c1-2-3-4-5-6-7-8-49-9-11-50(12-10-49)69-48-47-68-46-45-67-44-43-66-42-41-65-40-39-64-38-37-63-36-35-62-34-33-61-32-31-60-30-29-59-28-27-58-26-25-57-24-23-56-22-21-55-20-19-54-18-17-53-16-15-52-14-13-51/h9-12,51H,2-8,13-48H2,1H3. The molecule has 0 saturated heterocycles. The second-order valence-corrected chi connectivity index (χ2v) is 15.1. The number of aliphatic hydroxyl groups is 1. The molecule has 0 atom stereocenters. The van der Waals surface area contributed by atoms with Crippen molar-refractivity contribution in [3.8, 4) is 5.75 Å². The van der Waals surface area contributed by atoms with Gasteiger partial charge in [-0.25, -0.2) is 0 Å². The highest BCUT2D eigenvalue weighted by atomic mass is 16.6. The number of hydrogen-bond donors (Lipinski definition) is 1. The van der Waals surface area contributed by atoms with E-state index in [1.165, 1.54) is 44.1 Å². The summed E-state index contributed by atoms with van der Waals surface area (Å²) in [4.78, 5) is 0. The van der Waals surface area contributed by atoms with Gasteiger partial charge in [-0.2, -0.15) is 0 Å². The Kier molecular flexibility index (Phi) is 55.7. The van der Waals surface area contributed by atoms with Crippen molar-refractivity contribution in [2.75, 3.05) is 238 Å². The molecule has 1 N–H and O–H groups in total. The van der Waals surface area contributed by atoms with Gasteiger partial charge < -0.3 is 90.4 Å². The molecule has 0 saturated carbocycles. The van der Waals surface area contributed by atoms with E-state index < -0.39 is 0 Å². The maximum atomic E-state index is 8.61. The first-order chi connectivity index (χ1) is 34.4. The van der Waals surface area contributed by atoms with Crippen LogP contribution in [0.2, 0.25) is 0 Å². The highest BCUT2D eigenvalue weighted by molar-refractivity contribution is 5.27. The molecule has 0 fully saturated rings. The minimum absolute atomic E-state index is 0.0206. The first-order valence-corrected chi connectivity index (χ1v) is 25.5. The van der Waals surface area contributed by atoms with E-state index in [0.717, 1.165) is 12.2 Å². The Labute approximate surface area is 414 Å². The molecule has 1 rings (SSSR count). The number of rotatable bonds is 61. The van der Waals surface area contributed by atoms with Gasteiger partial charge in [0.2, 0.25) is 0 Å². The Morgan fingerprint density at radius 3 is 0.725 bits per heavy atom. The molecule has 0 aliphatic rings. The predicted molar refractivity (Wildman–Crippen MR) is 260 cm³/mol. The van der Waals surface area contributed by atoms with E-state index in [1.807, 2.05) is 12.1 Å². The number of ether oxygens (including phenoxy) is 18. The van der Waals surface area contributed by atoms with Crippen LogP contribution >= 0.6 is 0 Å². The van der Waals surface area contributed by atoms with Gasteiger partial charge in [-0.15, -0.1) is 0 Å². The normalized spacial score (nSPS) is 11.6. The van der Waals surface area contributed by atoms with E-state index in [4.69, 9.17) is 90.4 Å². The van der Waals surface area contributed by atoms with Gasteiger partial charge in [0.25, 0.3) is 0 Å². The van der Waals surface area contributed by atoms with Gasteiger partial charge in [0.15, 0.2) is 0 Å². The molecule has 0 amide bonds. The summed E-state index contributed by atoms with van der Waals surface area (Å²) in [6, 6.07) is 8.43. The molecule has 0 aliphatic heterocycles. The molecule has 408 valence electrons. The average molecular weight is 999 g/mol. The van der Waals surface area contributed by atoms with E-state index >= 15 is 0 Å². The van der Waals surface area contributed by atoms with E-state index in [1.54, 1.807) is 0 Å². The first kappa shape index (κ1) is 65.3. The van der Waals surface area contributed by atoms with E-state index in [9.17, 15) is 0 Å². The van der Waals surface area contributed by atoms with Gasteiger partial charge >= 0.3 is 0 Å². The van der Waals surface area contributed by atoms with Crippen molar-refractivity contribution in [3.63, 3.8) is 0 Å². The third-order valence-corrected chi connectivity index (χ3v) is 9.43. The second kappa shape index (κ2) is 58.9. The van der Waals surface area contributed by atoms with Crippen molar-refractivity contribution in [2.45, 2.75) is 51.9 Å². The lowest BCUT2D eigenvalue weighted by molar-refractivity contribution is -0.0309. The van der Waals surface area contributed by atoms with Crippen LogP contribution in [0.4, 0.5) is 0 Å². The van der Waals surface area contributed by atoms with Crippen LogP contribution < -0.4 is 4.74 Å². The highest BCUT2D eigenvalue weighted by Crippen LogP contribution is 2.15. The van der Waals surface area contributed by atoms with Gasteiger partial charge in [-0.05, 0) is 30.5 Å². The molecular weight excluding hydrogens is 905 g/mol. The van der Waals surface area contributed by atoms with Crippen molar-refractivity contribution in [3.05, 3.63) is 29.8 Å². The van der Waals surface area contributed by atoms with Crippen molar-refractivity contribution in [1.29, 1.82) is 0 Å². The van der Waals surface area contributed by atoms with Crippen LogP contribution in [0, 0.1) is 0 Å². The van der Waals surface area contributed by atoms with Gasteiger partial charge in [0, 0.05) is 0 Å². The zero-order chi connectivity index (χ0) is 49.1. The summed E-state index contributed by atoms with van der Waals surface area (Å²) in [5.74, 6) is 0.880. The summed E-state index contributed by atoms with van der Waals surface area (Å²) in [6.07, 6.45) is 9.05. The summed E-state index contributed by atoms with van der Waals surface area (Å²) >= 11 is 0. The summed E-state index contributed by atoms with van der Waals surface area (Å²) in [5.41, 5.74) is 1.37. The minimum atomic E-state index is 0.0206. The van der Waals surface area contributed by atoms with Gasteiger partial charge in [-0.1, -0.05) is 51.2 Å². The molecule has 0 unspecified atom stereocenters. The summed E-state index contributed by atoms with van der Waals surface area (Å²) < 4.78 is 98.9. The van der Waals surface area contributed by atoms with Gasteiger partial charge in [0.1, 0.15) is 12.4 Å². The monoisotopic (exact) mass is 999 g/mol. The molecule has 19 heteroatoms. The molecule has 19 nitrogen and oxygen atoms in total. The predicted octanol–water partition coefficient (Wildman–Crippen LogP) is 4.24. The zero-order valence-corrected chi connectivity index (χ0v) is 42.5. The smallest absolute Gasteiger partial charge is 0.119 e. The molecule has 0 heterocycles. The SMILES string of the molecule is CCCCCCCCc1ccc(OCCOCCOCCOCCOCCOCCOCCOCCOCCOCCOCCOCCOCCOCCOCCOCCOCCOCCO)cc1. The third kappa shape index (κ3) is 53.9. The zero-order valence-electron chi connectivity index (χ0n) is 42.5. The molecule has 1 aromatic carbocycles. The van der Waals surface area contributed by atoms with Crippen LogP contribution in [0.1, 0.15) is 51.0 Å². The Balaban J connectivity index is 1.63. The molecule has 0 aliphatic carbocycles. The number of benzene rings is 1. The summed E-state index contributed by atoms with van der Waals surface area (Å²) in [6.45, 7) is 19.6. The van der Waals surface area contributed by atoms with E-state index in [0.29, 0.717) is 231 Å². The van der Waals surface area contributed by atoms with E-state index in [-0.39, 0.29) is 6.61 Å². The first-order valence-electron chi connectivity index (χ1n) is 25.5. The minimum Gasteiger partial charge on any atom is -0.491 e. The maximum Gasteiger partial charge on any atom is 0.119 e. The number of hydrogen-bond acceptors (Lipinski definition) is 19. The lowest BCUT2D eigenvalue weighted by atomic mass is 10.0. The lowest BCUT2D eigenvalue weighted by Crippen LogP contribution is -2.16. The van der Waals surface area contributed by atoms with Crippen LogP contribution in [0.15, 0.2) is 24.3 Å². The topological polar surface area (TPSA) is 186 Å². The quantitative estimate of drug-likeness (QED) is 0.0913. The Bertz CT molecular complexity index is 1080.